The molecule has 1 aliphatic heterocycles. The predicted octanol–water partition coefficient (Wildman–Crippen LogP) is 4.69. The lowest BCUT2D eigenvalue weighted by Gasteiger charge is -2.48. The van der Waals surface area contributed by atoms with Gasteiger partial charge < -0.3 is 10.2 Å². The van der Waals surface area contributed by atoms with E-state index in [1.807, 2.05) is 0 Å². The Kier molecular flexibility index (Phi) is 5.25. The van der Waals surface area contributed by atoms with E-state index >= 15 is 0 Å². The molecule has 2 aromatic carbocycles. The Hall–Kier alpha value is -1.80. The summed E-state index contributed by atoms with van der Waals surface area (Å²) in [6, 6.07) is 22.0. The first-order valence-electron chi connectivity index (χ1n) is 9.12. The lowest BCUT2D eigenvalue weighted by molar-refractivity contribution is 0.0656. The first kappa shape index (κ1) is 17.0. The molecule has 0 amide bonds. The second-order valence-corrected chi connectivity index (χ2v) is 7.92. The molecule has 24 heavy (non-hydrogen) atoms. The number of benzene rings is 2. The van der Waals surface area contributed by atoms with Gasteiger partial charge in [0.25, 0.3) is 0 Å². The number of piperidine rings is 1. The molecule has 2 unspecified atom stereocenters. The summed E-state index contributed by atoms with van der Waals surface area (Å²) in [4.78, 5) is 2.64. The van der Waals surface area contributed by atoms with Crippen LogP contribution in [0.4, 0.5) is 5.69 Å². The highest BCUT2D eigenvalue weighted by atomic mass is 15.2. The van der Waals surface area contributed by atoms with Crippen molar-refractivity contribution in [3.63, 3.8) is 0 Å². The van der Waals surface area contributed by atoms with E-state index in [9.17, 15) is 0 Å². The van der Waals surface area contributed by atoms with Crippen molar-refractivity contribution in [1.29, 1.82) is 0 Å². The van der Waals surface area contributed by atoms with Crippen molar-refractivity contribution in [2.45, 2.75) is 33.2 Å². The molecule has 3 rings (SSSR count). The van der Waals surface area contributed by atoms with E-state index in [0.717, 1.165) is 19.5 Å². The Bertz CT molecular complexity index is 621. The molecule has 0 aliphatic carbocycles. The summed E-state index contributed by atoms with van der Waals surface area (Å²) in [5.41, 5.74) is 2.93. The minimum absolute atomic E-state index is 0.254. The summed E-state index contributed by atoms with van der Waals surface area (Å²) in [7, 11) is 0. The normalized spacial score (nSPS) is 23.8. The first-order valence-corrected chi connectivity index (χ1v) is 9.12. The van der Waals surface area contributed by atoms with Gasteiger partial charge >= 0.3 is 0 Å². The Labute approximate surface area is 146 Å². The van der Waals surface area contributed by atoms with Crippen LogP contribution in [0.1, 0.15) is 26.3 Å². The van der Waals surface area contributed by atoms with Crippen molar-refractivity contribution < 1.29 is 0 Å². The molecule has 2 atom stereocenters. The molecule has 2 heteroatoms. The monoisotopic (exact) mass is 322 g/mol. The second kappa shape index (κ2) is 7.40. The fourth-order valence-corrected chi connectivity index (χ4v) is 4.18. The Balaban J connectivity index is 1.61. The summed E-state index contributed by atoms with van der Waals surface area (Å²) in [6.45, 7) is 10.7. The van der Waals surface area contributed by atoms with Crippen LogP contribution < -0.4 is 5.32 Å². The highest BCUT2D eigenvalue weighted by Gasteiger charge is 2.40. The average Bonchev–Trinajstić information content (AvgIpc) is 2.58. The summed E-state index contributed by atoms with van der Waals surface area (Å²) in [5.74, 6) is 0.629. The van der Waals surface area contributed by atoms with Gasteiger partial charge in [0.15, 0.2) is 0 Å². The van der Waals surface area contributed by atoms with Gasteiger partial charge in [0, 0.05) is 31.4 Å². The van der Waals surface area contributed by atoms with Crippen LogP contribution in [-0.2, 0) is 6.42 Å². The van der Waals surface area contributed by atoms with Crippen LogP contribution in [0.25, 0.3) is 0 Å². The van der Waals surface area contributed by atoms with E-state index in [0.29, 0.717) is 12.0 Å². The van der Waals surface area contributed by atoms with E-state index < -0.39 is 0 Å². The third kappa shape index (κ3) is 4.18. The fraction of sp³-hybridized carbons (Fsp3) is 0.455. The maximum atomic E-state index is 3.79. The molecule has 1 saturated heterocycles. The van der Waals surface area contributed by atoms with Crippen LogP contribution in [0, 0.1) is 11.3 Å². The van der Waals surface area contributed by atoms with Gasteiger partial charge in [-0.05, 0) is 35.4 Å². The Morgan fingerprint density at radius 3 is 2.25 bits per heavy atom. The largest absolute Gasteiger partial charge is 0.381 e. The maximum Gasteiger partial charge on any atom is 0.0362 e. The molecule has 2 aromatic rings. The summed E-state index contributed by atoms with van der Waals surface area (Å²) < 4.78 is 0. The molecule has 1 heterocycles. The third-order valence-corrected chi connectivity index (χ3v) is 5.24. The van der Waals surface area contributed by atoms with Gasteiger partial charge in [-0.3, -0.25) is 0 Å². The Morgan fingerprint density at radius 1 is 1.00 bits per heavy atom. The number of rotatable bonds is 5. The second-order valence-electron chi connectivity index (χ2n) is 7.92. The third-order valence-electron chi connectivity index (χ3n) is 5.24. The van der Waals surface area contributed by atoms with Gasteiger partial charge in [0.05, 0.1) is 0 Å². The number of para-hydroxylation sites is 1. The molecule has 1 N–H and O–H groups in total. The summed E-state index contributed by atoms with van der Waals surface area (Å²) in [5, 5.41) is 3.79. The van der Waals surface area contributed by atoms with Gasteiger partial charge in [0.2, 0.25) is 0 Å². The molecule has 2 nitrogen and oxygen atoms in total. The van der Waals surface area contributed by atoms with Crippen LogP contribution in [-0.4, -0.2) is 30.6 Å². The number of anilines is 1. The van der Waals surface area contributed by atoms with Crippen LogP contribution in [0.2, 0.25) is 0 Å². The fourth-order valence-electron chi connectivity index (χ4n) is 4.18. The quantitative estimate of drug-likeness (QED) is 0.859. The number of nitrogens with zero attached hydrogens (tertiary/aromatic N) is 1. The van der Waals surface area contributed by atoms with Crippen molar-refractivity contribution in [3.05, 3.63) is 66.2 Å². The van der Waals surface area contributed by atoms with Gasteiger partial charge in [-0.2, -0.15) is 0 Å². The maximum absolute atomic E-state index is 3.79. The molecule has 0 saturated carbocycles. The van der Waals surface area contributed by atoms with Crippen LogP contribution in [0.3, 0.4) is 0 Å². The van der Waals surface area contributed by atoms with Crippen molar-refractivity contribution in [1.82, 2.24) is 4.90 Å². The molecule has 1 aliphatic rings. The highest BCUT2D eigenvalue weighted by molar-refractivity contribution is 5.44. The molecule has 0 radical (unpaired) electrons. The number of nitrogens with one attached hydrogen (secondary N) is 1. The first-order chi connectivity index (χ1) is 11.5. The van der Waals surface area contributed by atoms with Gasteiger partial charge in [-0.25, -0.2) is 0 Å². The zero-order valence-electron chi connectivity index (χ0n) is 15.2. The standard InChI is InChI=1S/C22H30N2/c1-18-16-24(15-14-19-10-6-4-7-11-19)17-22(2,3)21(18)23-20-12-8-5-9-13-20/h4-13,18,21,23H,14-17H2,1-3H3. The summed E-state index contributed by atoms with van der Waals surface area (Å²) in [6.07, 6.45) is 1.14. The number of likely N-dealkylation sites (tertiary alicyclic amines) is 1. The van der Waals surface area contributed by atoms with Crippen LogP contribution in [0.5, 0.6) is 0 Å². The highest BCUT2D eigenvalue weighted by Crippen LogP contribution is 2.35. The van der Waals surface area contributed by atoms with Crippen molar-refractivity contribution in [3.8, 4) is 0 Å². The molecular weight excluding hydrogens is 292 g/mol. The molecule has 1 fully saturated rings. The van der Waals surface area contributed by atoms with Gasteiger partial charge in [-0.1, -0.05) is 69.3 Å². The lowest BCUT2D eigenvalue weighted by Crippen LogP contribution is -2.56. The molecule has 128 valence electrons. The lowest BCUT2D eigenvalue weighted by atomic mass is 9.74. The van der Waals surface area contributed by atoms with E-state index in [2.05, 4.69) is 91.7 Å². The topological polar surface area (TPSA) is 15.3 Å². The van der Waals surface area contributed by atoms with Crippen LogP contribution >= 0.6 is 0 Å². The SMILES string of the molecule is CC1CN(CCc2ccccc2)CC(C)(C)C1Nc1ccccc1. The van der Waals surface area contributed by atoms with Gasteiger partial charge in [0.1, 0.15) is 0 Å². The zero-order valence-corrected chi connectivity index (χ0v) is 15.2. The van der Waals surface area contributed by atoms with E-state index in [1.165, 1.54) is 17.8 Å². The van der Waals surface area contributed by atoms with Crippen molar-refractivity contribution in [2.24, 2.45) is 11.3 Å². The molecular formula is C22H30N2. The van der Waals surface area contributed by atoms with E-state index in [1.54, 1.807) is 0 Å². The number of hydrogen-bond donors (Lipinski definition) is 1. The Morgan fingerprint density at radius 2 is 1.62 bits per heavy atom. The minimum Gasteiger partial charge on any atom is -0.381 e. The average molecular weight is 322 g/mol. The van der Waals surface area contributed by atoms with Crippen molar-refractivity contribution in [2.75, 3.05) is 25.0 Å². The van der Waals surface area contributed by atoms with Crippen LogP contribution in [0.15, 0.2) is 60.7 Å². The molecule has 0 bridgehead atoms. The van der Waals surface area contributed by atoms with Gasteiger partial charge in [-0.15, -0.1) is 0 Å². The summed E-state index contributed by atoms with van der Waals surface area (Å²) >= 11 is 0. The van der Waals surface area contributed by atoms with Crippen molar-refractivity contribution >= 4 is 5.69 Å². The predicted molar refractivity (Wildman–Crippen MR) is 103 cm³/mol. The zero-order chi connectivity index (χ0) is 17.0. The molecule has 0 aromatic heterocycles. The van der Waals surface area contributed by atoms with E-state index in [-0.39, 0.29) is 5.41 Å². The smallest absolute Gasteiger partial charge is 0.0362 e. The minimum atomic E-state index is 0.254. The molecule has 0 spiro atoms. The van der Waals surface area contributed by atoms with E-state index in [4.69, 9.17) is 0 Å². The number of hydrogen-bond acceptors (Lipinski definition) is 2.